The van der Waals surface area contributed by atoms with Crippen LogP contribution in [0.4, 0.5) is 5.69 Å². The van der Waals surface area contributed by atoms with E-state index in [2.05, 4.69) is 23.9 Å². The van der Waals surface area contributed by atoms with Crippen molar-refractivity contribution in [3.05, 3.63) is 58.1 Å². The van der Waals surface area contributed by atoms with Crippen LogP contribution >= 0.6 is 11.6 Å². The molecule has 1 unspecified atom stereocenters. The van der Waals surface area contributed by atoms with E-state index in [-0.39, 0.29) is 21.4 Å². The van der Waals surface area contributed by atoms with E-state index >= 15 is 0 Å². The van der Waals surface area contributed by atoms with Gasteiger partial charge in [0, 0.05) is 12.1 Å². The second-order valence-corrected chi connectivity index (χ2v) is 9.75. The van der Waals surface area contributed by atoms with Gasteiger partial charge in [-0.1, -0.05) is 56.8 Å². The predicted octanol–water partition coefficient (Wildman–Crippen LogP) is 5.70. The monoisotopic (exact) mass is 450 g/mol. The average Bonchev–Trinajstić information content (AvgIpc) is 2.70. The van der Waals surface area contributed by atoms with Crippen molar-refractivity contribution >= 4 is 33.2 Å². The molecule has 2 N–H and O–H groups in total. The maximum Gasteiger partial charge on any atom is 0.263 e. The highest BCUT2D eigenvalue weighted by atomic mass is 35.5. The van der Waals surface area contributed by atoms with Gasteiger partial charge >= 0.3 is 0 Å². The lowest BCUT2D eigenvalue weighted by Crippen LogP contribution is -2.29. The Kier molecular flexibility index (Phi) is 8.74. The van der Waals surface area contributed by atoms with E-state index in [4.69, 9.17) is 11.6 Å². The lowest BCUT2D eigenvalue weighted by atomic mass is 9.99. The van der Waals surface area contributed by atoms with Gasteiger partial charge in [-0.2, -0.15) is 0 Å². The minimum Gasteiger partial charge on any atom is -0.352 e. The van der Waals surface area contributed by atoms with Gasteiger partial charge in [-0.05, 0) is 61.6 Å². The van der Waals surface area contributed by atoms with Crippen LogP contribution in [-0.4, -0.2) is 20.9 Å². The van der Waals surface area contributed by atoms with Crippen LogP contribution in [0.15, 0.2) is 41.3 Å². The smallest absolute Gasteiger partial charge is 0.263 e. The van der Waals surface area contributed by atoms with Crippen LogP contribution in [0.25, 0.3) is 0 Å². The number of unbranched alkanes of at least 4 members (excludes halogenated alkanes) is 1. The molecular weight excluding hydrogens is 420 g/mol. The summed E-state index contributed by atoms with van der Waals surface area (Å²) in [5, 5.41) is 2.99. The standard InChI is InChI=1S/C23H31ClN2O3S/c1-5-7-8-18(6-2)15-25-23(27)19-11-12-20(24)22(14-19)30(28,29)26-21-13-16(3)9-10-17(21)4/h9-14,18,26H,5-8,15H2,1-4H3,(H,25,27). The number of amides is 1. The summed E-state index contributed by atoms with van der Waals surface area (Å²) >= 11 is 6.18. The van der Waals surface area contributed by atoms with Gasteiger partial charge in [0.15, 0.2) is 0 Å². The van der Waals surface area contributed by atoms with Gasteiger partial charge in [-0.25, -0.2) is 8.42 Å². The zero-order valence-electron chi connectivity index (χ0n) is 18.1. The number of carbonyl (C=O) groups is 1. The number of hydrogen-bond acceptors (Lipinski definition) is 3. The summed E-state index contributed by atoms with van der Waals surface area (Å²) < 4.78 is 28.5. The number of carbonyl (C=O) groups excluding carboxylic acids is 1. The second-order valence-electron chi connectivity index (χ2n) is 7.70. The number of benzene rings is 2. The fourth-order valence-electron chi connectivity index (χ4n) is 3.18. The number of halogens is 1. The SMILES string of the molecule is CCCCC(CC)CNC(=O)c1ccc(Cl)c(S(=O)(=O)Nc2cc(C)ccc2C)c1. The largest absolute Gasteiger partial charge is 0.352 e. The Morgan fingerprint density at radius 1 is 1.10 bits per heavy atom. The molecule has 0 saturated carbocycles. The molecule has 164 valence electrons. The first-order chi connectivity index (χ1) is 14.2. The fraction of sp³-hybridized carbons (Fsp3) is 0.435. The molecule has 0 bridgehead atoms. The third kappa shape index (κ3) is 6.47. The van der Waals surface area contributed by atoms with Gasteiger partial charge in [0.05, 0.1) is 10.7 Å². The molecule has 0 aliphatic rings. The van der Waals surface area contributed by atoms with Crippen LogP contribution in [0.5, 0.6) is 0 Å². The van der Waals surface area contributed by atoms with Crippen molar-refractivity contribution in [2.75, 3.05) is 11.3 Å². The number of hydrogen-bond donors (Lipinski definition) is 2. The first-order valence-corrected chi connectivity index (χ1v) is 12.2. The Hall–Kier alpha value is -2.05. The molecule has 0 radical (unpaired) electrons. The van der Waals surface area contributed by atoms with E-state index in [1.807, 2.05) is 26.0 Å². The number of aryl methyl sites for hydroxylation is 2. The van der Waals surface area contributed by atoms with Gasteiger partial charge in [0.2, 0.25) is 0 Å². The number of rotatable bonds is 10. The van der Waals surface area contributed by atoms with Crippen molar-refractivity contribution in [3.8, 4) is 0 Å². The van der Waals surface area contributed by atoms with Crippen LogP contribution in [0.1, 0.15) is 61.0 Å². The summed E-state index contributed by atoms with van der Waals surface area (Å²) in [6, 6.07) is 9.84. The summed E-state index contributed by atoms with van der Waals surface area (Å²) in [5.74, 6) is 0.111. The Bertz CT molecular complexity index is 990. The third-order valence-electron chi connectivity index (χ3n) is 5.21. The van der Waals surface area contributed by atoms with E-state index in [1.54, 1.807) is 12.1 Å². The van der Waals surface area contributed by atoms with Gasteiger partial charge < -0.3 is 5.32 Å². The molecule has 1 atom stereocenters. The summed E-state index contributed by atoms with van der Waals surface area (Å²) in [6.07, 6.45) is 4.30. The third-order valence-corrected chi connectivity index (χ3v) is 7.06. The Balaban J connectivity index is 2.21. The Morgan fingerprint density at radius 2 is 1.83 bits per heavy atom. The van der Waals surface area contributed by atoms with E-state index in [0.29, 0.717) is 18.2 Å². The van der Waals surface area contributed by atoms with Crippen LogP contribution in [0.2, 0.25) is 5.02 Å². The summed E-state index contributed by atoms with van der Waals surface area (Å²) in [7, 11) is -3.95. The molecule has 5 nitrogen and oxygen atoms in total. The minimum atomic E-state index is -3.95. The molecule has 30 heavy (non-hydrogen) atoms. The molecule has 2 aromatic carbocycles. The molecule has 7 heteroatoms. The van der Waals surface area contributed by atoms with Gasteiger partial charge in [0.1, 0.15) is 4.90 Å². The molecule has 1 amide bonds. The van der Waals surface area contributed by atoms with Crippen LogP contribution < -0.4 is 10.0 Å². The number of sulfonamides is 1. The lowest BCUT2D eigenvalue weighted by molar-refractivity contribution is 0.0945. The maximum absolute atomic E-state index is 13.0. The van der Waals surface area contributed by atoms with Crippen molar-refractivity contribution < 1.29 is 13.2 Å². The molecule has 0 aliphatic heterocycles. The molecule has 0 heterocycles. The first-order valence-electron chi connectivity index (χ1n) is 10.4. The highest BCUT2D eigenvalue weighted by molar-refractivity contribution is 7.92. The summed E-state index contributed by atoms with van der Waals surface area (Å²) in [6.45, 7) is 8.54. The van der Waals surface area contributed by atoms with Crippen LogP contribution in [0, 0.1) is 19.8 Å². The van der Waals surface area contributed by atoms with Crippen molar-refractivity contribution in [2.24, 2.45) is 5.92 Å². The van der Waals surface area contributed by atoms with Gasteiger partial charge in [-0.3, -0.25) is 9.52 Å². The minimum absolute atomic E-state index is 0.0683. The Labute approximate surface area is 185 Å². The average molecular weight is 451 g/mol. The zero-order chi connectivity index (χ0) is 22.3. The Morgan fingerprint density at radius 3 is 2.50 bits per heavy atom. The van der Waals surface area contributed by atoms with Crippen LogP contribution in [0.3, 0.4) is 0 Å². The topological polar surface area (TPSA) is 75.3 Å². The molecule has 0 fully saturated rings. The van der Waals surface area contributed by atoms with Gasteiger partial charge in [0.25, 0.3) is 15.9 Å². The molecule has 2 rings (SSSR count). The maximum atomic E-state index is 13.0. The lowest BCUT2D eigenvalue weighted by Gasteiger charge is -2.16. The van der Waals surface area contributed by atoms with Gasteiger partial charge in [-0.15, -0.1) is 0 Å². The van der Waals surface area contributed by atoms with Crippen molar-refractivity contribution in [1.29, 1.82) is 0 Å². The fourth-order valence-corrected chi connectivity index (χ4v) is 4.83. The number of anilines is 1. The molecule has 0 saturated heterocycles. The second kappa shape index (κ2) is 10.8. The molecule has 0 spiro atoms. The van der Waals surface area contributed by atoms with Crippen LogP contribution in [-0.2, 0) is 10.0 Å². The highest BCUT2D eigenvalue weighted by Crippen LogP contribution is 2.27. The zero-order valence-corrected chi connectivity index (χ0v) is 19.7. The van der Waals surface area contributed by atoms with Crippen molar-refractivity contribution in [1.82, 2.24) is 5.32 Å². The molecular formula is C23H31ClN2O3S. The van der Waals surface area contributed by atoms with Crippen molar-refractivity contribution in [3.63, 3.8) is 0 Å². The number of nitrogens with one attached hydrogen (secondary N) is 2. The quantitative estimate of drug-likeness (QED) is 0.487. The molecule has 2 aromatic rings. The summed E-state index contributed by atoms with van der Waals surface area (Å²) in [5.41, 5.74) is 2.49. The molecule has 0 aliphatic carbocycles. The first kappa shape index (κ1) is 24.2. The van der Waals surface area contributed by atoms with E-state index in [1.165, 1.54) is 12.1 Å². The van der Waals surface area contributed by atoms with E-state index in [0.717, 1.165) is 36.8 Å². The predicted molar refractivity (Wildman–Crippen MR) is 124 cm³/mol. The normalized spacial score (nSPS) is 12.4. The van der Waals surface area contributed by atoms with E-state index in [9.17, 15) is 13.2 Å². The van der Waals surface area contributed by atoms with Crippen molar-refractivity contribution in [2.45, 2.75) is 58.3 Å². The van der Waals surface area contributed by atoms with E-state index < -0.39 is 10.0 Å². The summed E-state index contributed by atoms with van der Waals surface area (Å²) in [4.78, 5) is 12.5. The molecule has 0 aromatic heterocycles. The highest BCUT2D eigenvalue weighted by Gasteiger charge is 2.21.